The Hall–Kier alpha value is -1.24. The zero-order valence-electron chi connectivity index (χ0n) is 11.2. The number of hydrogen-bond donors (Lipinski definition) is 0. The van der Waals surface area contributed by atoms with Gasteiger partial charge in [-0.15, -0.1) is 0 Å². The lowest BCUT2D eigenvalue weighted by atomic mass is 10.1. The quantitative estimate of drug-likeness (QED) is 0.605. The molecule has 1 aliphatic heterocycles. The molecule has 0 spiro atoms. The number of ether oxygens (including phenoxy) is 1. The zero-order valence-corrected chi connectivity index (χ0v) is 11.2. The van der Waals surface area contributed by atoms with Crippen LogP contribution >= 0.6 is 0 Å². The van der Waals surface area contributed by atoms with Gasteiger partial charge in [0.2, 0.25) is 0 Å². The summed E-state index contributed by atoms with van der Waals surface area (Å²) in [6, 6.07) is 6.25. The lowest BCUT2D eigenvalue weighted by molar-refractivity contribution is 0.464. The van der Waals surface area contributed by atoms with Crippen molar-refractivity contribution in [2.75, 3.05) is 0 Å². The largest absolute Gasteiger partial charge is 0.465 e. The fraction of sp³-hybridized carbons (Fsp3) is 0.467. The molecule has 0 aliphatic carbocycles. The van der Waals surface area contributed by atoms with Gasteiger partial charge in [0.1, 0.15) is 5.75 Å². The summed E-state index contributed by atoms with van der Waals surface area (Å²) >= 11 is 0. The van der Waals surface area contributed by atoms with E-state index in [1.165, 1.54) is 17.5 Å². The number of benzene rings is 1. The zero-order chi connectivity index (χ0) is 12.4. The molecule has 0 amide bonds. The molecule has 1 heterocycles. The molecular formula is C15H24O. The van der Waals surface area contributed by atoms with Crippen molar-refractivity contribution in [3.63, 3.8) is 0 Å². The molecule has 16 heavy (non-hydrogen) atoms. The third-order valence-electron chi connectivity index (χ3n) is 1.84. The van der Waals surface area contributed by atoms with Gasteiger partial charge in [-0.25, -0.2) is 0 Å². The summed E-state index contributed by atoms with van der Waals surface area (Å²) in [6.07, 6.45) is 6.02. The van der Waals surface area contributed by atoms with E-state index in [0.717, 1.165) is 12.2 Å². The van der Waals surface area contributed by atoms with E-state index in [0.29, 0.717) is 0 Å². The molecule has 1 aromatic carbocycles. The number of aryl methyl sites for hydroxylation is 1. The van der Waals surface area contributed by atoms with Crippen molar-refractivity contribution in [2.24, 2.45) is 0 Å². The highest BCUT2D eigenvalue weighted by atomic mass is 16.5. The fourth-order valence-electron chi connectivity index (χ4n) is 1.28. The molecule has 0 radical (unpaired) electrons. The van der Waals surface area contributed by atoms with Crippen molar-refractivity contribution < 1.29 is 4.74 Å². The first-order valence-electron chi connectivity index (χ1n) is 6.19. The highest BCUT2D eigenvalue weighted by Gasteiger charge is 2.04. The second kappa shape index (κ2) is 9.02. The third-order valence-corrected chi connectivity index (χ3v) is 1.84. The van der Waals surface area contributed by atoms with Crippen LogP contribution in [0.15, 0.2) is 30.5 Å². The second-order valence-electron chi connectivity index (χ2n) is 3.51. The molecule has 0 unspecified atom stereocenters. The van der Waals surface area contributed by atoms with Crippen LogP contribution in [0.25, 0.3) is 0 Å². The van der Waals surface area contributed by atoms with Gasteiger partial charge in [0, 0.05) is 0 Å². The van der Waals surface area contributed by atoms with Crippen molar-refractivity contribution in [2.45, 2.75) is 47.5 Å². The van der Waals surface area contributed by atoms with E-state index >= 15 is 0 Å². The van der Waals surface area contributed by atoms with E-state index < -0.39 is 0 Å². The minimum atomic E-state index is 0.997. The van der Waals surface area contributed by atoms with Crippen LogP contribution in [0.4, 0.5) is 0 Å². The number of fused-ring (bicyclic) bond motifs is 1. The molecule has 1 aliphatic rings. The van der Waals surface area contributed by atoms with Gasteiger partial charge in [-0.2, -0.15) is 0 Å². The van der Waals surface area contributed by atoms with Crippen molar-refractivity contribution in [1.29, 1.82) is 0 Å². The van der Waals surface area contributed by atoms with E-state index in [2.05, 4.69) is 32.9 Å². The highest BCUT2D eigenvalue weighted by molar-refractivity contribution is 5.40. The Morgan fingerprint density at radius 1 is 1.19 bits per heavy atom. The first kappa shape index (κ1) is 14.8. The van der Waals surface area contributed by atoms with Crippen LogP contribution in [0.1, 0.15) is 45.2 Å². The van der Waals surface area contributed by atoms with Crippen LogP contribution in [-0.2, 0) is 6.42 Å². The Balaban J connectivity index is 0.000000394. The average Bonchev–Trinajstić information content (AvgIpc) is 2.32. The van der Waals surface area contributed by atoms with Gasteiger partial charge in [0.25, 0.3) is 0 Å². The normalized spacial score (nSPS) is 11.1. The Kier molecular flexibility index (Phi) is 8.32. The summed E-state index contributed by atoms with van der Waals surface area (Å²) in [7, 11) is 0. The summed E-state index contributed by atoms with van der Waals surface area (Å²) in [5, 5.41) is 0. The SMILES string of the molecule is CC.CCC.Cc1ccc2c(c1)CC=CO2. The number of hydrogen-bond acceptors (Lipinski definition) is 1. The lowest BCUT2D eigenvalue weighted by Gasteiger charge is -2.11. The predicted octanol–water partition coefficient (Wildman–Crippen LogP) is 4.89. The molecule has 1 aromatic rings. The molecule has 0 fully saturated rings. The van der Waals surface area contributed by atoms with Crippen LogP contribution < -0.4 is 4.74 Å². The Morgan fingerprint density at radius 2 is 1.81 bits per heavy atom. The minimum absolute atomic E-state index is 0.997. The molecule has 2 rings (SSSR count). The summed E-state index contributed by atoms with van der Waals surface area (Å²) in [6.45, 7) is 10.3. The first-order valence-corrected chi connectivity index (χ1v) is 6.19. The lowest BCUT2D eigenvalue weighted by Crippen LogP contribution is -1.95. The van der Waals surface area contributed by atoms with Gasteiger partial charge >= 0.3 is 0 Å². The van der Waals surface area contributed by atoms with E-state index in [9.17, 15) is 0 Å². The van der Waals surface area contributed by atoms with E-state index in [1.807, 2.05) is 26.0 Å². The van der Waals surface area contributed by atoms with Gasteiger partial charge in [-0.05, 0) is 31.1 Å². The van der Waals surface area contributed by atoms with Crippen LogP contribution in [0.5, 0.6) is 5.75 Å². The number of rotatable bonds is 0. The average molecular weight is 220 g/mol. The van der Waals surface area contributed by atoms with E-state index in [-0.39, 0.29) is 0 Å². The number of allylic oxidation sites excluding steroid dienone is 1. The molecule has 0 saturated carbocycles. The summed E-state index contributed by atoms with van der Waals surface area (Å²) in [5.41, 5.74) is 2.58. The molecule has 0 bridgehead atoms. The summed E-state index contributed by atoms with van der Waals surface area (Å²) in [5.74, 6) is 0.998. The Labute approximate surface area is 100 Å². The first-order chi connectivity index (χ1) is 7.77. The maximum absolute atomic E-state index is 5.30. The molecular weight excluding hydrogens is 196 g/mol. The van der Waals surface area contributed by atoms with Crippen molar-refractivity contribution >= 4 is 0 Å². The minimum Gasteiger partial charge on any atom is -0.465 e. The van der Waals surface area contributed by atoms with Crippen molar-refractivity contribution in [1.82, 2.24) is 0 Å². The maximum Gasteiger partial charge on any atom is 0.130 e. The predicted molar refractivity (Wildman–Crippen MR) is 72.0 cm³/mol. The summed E-state index contributed by atoms with van der Waals surface area (Å²) < 4.78 is 5.30. The molecule has 0 N–H and O–H groups in total. The standard InChI is InChI=1S/C10H10O.C3H8.C2H6/c1-8-4-5-10-9(7-8)3-2-6-11-10;1-3-2;1-2/h2,4-7H,3H2,1H3;3H2,1-2H3;1-2H3. The molecule has 90 valence electrons. The summed E-state index contributed by atoms with van der Waals surface area (Å²) in [4.78, 5) is 0. The van der Waals surface area contributed by atoms with Crippen LogP contribution in [0, 0.1) is 6.92 Å². The molecule has 0 aromatic heterocycles. The highest BCUT2D eigenvalue weighted by Crippen LogP contribution is 2.23. The van der Waals surface area contributed by atoms with Crippen molar-refractivity contribution in [3.05, 3.63) is 41.7 Å². The van der Waals surface area contributed by atoms with E-state index in [4.69, 9.17) is 4.74 Å². The molecule has 0 atom stereocenters. The molecule has 1 nitrogen and oxygen atoms in total. The fourth-order valence-corrected chi connectivity index (χ4v) is 1.28. The van der Waals surface area contributed by atoms with Crippen LogP contribution in [0.2, 0.25) is 0 Å². The third kappa shape index (κ3) is 5.01. The van der Waals surface area contributed by atoms with Gasteiger partial charge in [0.05, 0.1) is 6.26 Å². The van der Waals surface area contributed by atoms with E-state index in [1.54, 1.807) is 6.26 Å². The topological polar surface area (TPSA) is 9.23 Å². The van der Waals surface area contributed by atoms with Crippen LogP contribution in [-0.4, -0.2) is 0 Å². The maximum atomic E-state index is 5.30. The second-order valence-corrected chi connectivity index (χ2v) is 3.51. The van der Waals surface area contributed by atoms with Gasteiger partial charge in [-0.3, -0.25) is 0 Å². The Morgan fingerprint density at radius 3 is 2.44 bits per heavy atom. The van der Waals surface area contributed by atoms with Gasteiger partial charge in [-0.1, -0.05) is 51.8 Å². The van der Waals surface area contributed by atoms with Gasteiger partial charge in [0.15, 0.2) is 0 Å². The smallest absolute Gasteiger partial charge is 0.130 e. The molecule has 1 heteroatoms. The van der Waals surface area contributed by atoms with Crippen LogP contribution in [0.3, 0.4) is 0 Å². The molecule has 0 saturated heterocycles. The monoisotopic (exact) mass is 220 g/mol. The Bertz CT molecular complexity index is 313. The van der Waals surface area contributed by atoms with Gasteiger partial charge < -0.3 is 4.74 Å². The van der Waals surface area contributed by atoms with Crippen molar-refractivity contribution in [3.8, 4) is 5.75 Å².